The second-order valence-electron chi connectivity index (χ2n) is 2.34. The number of hydrogen-bond acceptors (Lipinski definition) is 2. The summed E-state index contributed by atoms with van der Waals surface area (Å²) < 4.78 is 0. The van der Waals surface area contributed by atoms with Gasteiger partial charge in [0.25, 0.3) is 0 Å². The average Bonchev–Trinajstić information content (AvgIpc) is 1.97. The van der Waals surface area contributed by atoms with Crippen LogP contribution in [-0.2, 0) is 0 Å². The Balaban J connectivity index is 0. The summed E-state index contributed by atoms with van der Waals surface area (Å²) in [5.41, 5.74) is 5.12. The molecule has 0 radical (unpaired) electrons. The van der Waals surface area contributed by atoms with Crippen LogP contribution in [0.5, 0.6) is 0 Å². The number of nitrogens with one attached hydrogen (secondary N) is 1. The van der Waals surface area contributed by atoms with E-state index in [1.165, 1.54) is 4.90 Å². The molecule has 0 spiro atoms. The molecular weight excluding hydrogens is 179 g/mol. The van der Waals surface area contributed by atoms with Crippen molar-refractivity contribution < 1.29 is 0 Å². The van der Waals surface area contributed by atoms with Gasteiger partial charge in [-0.1, -0.05) is 19.8 Å². The normalized spacial score (nSPS) is 8.00. The topological polar surface area (TPSA) is 76.9 Å². The Morgan fingerprint density at radius 2 is 2.17 bits per heavy atom. The average molecular weight is 194 g/mol. The molecule has 0 heterocycles. The van der Waals surface area contributed by atoms with Crippen LogP contribution in [0.3, 0.4) is 0 Å². The van der Waals surface area contributed by atoms with Gasteiger partial charge in [-0.2, -0.15) is 5.26 Å². The van der Waals surface area contributed by atoms with Gasteiger partial charge in [0.1, 0.15) is 0 Å². The van der Waals surface area contributed by atoms with E-state index in [9.17, 15) is 0 Å². The molecule has 0 amide bonds. The predicted octanol–water partition coefficient (Wildman–Crippen LogP) is 0.205. The Morgan fingerprint density at radius 3 is 2.50 bits per heavy atom. The molecule has 64 valence electrons. The summed E-state index contributed by atoms with van der Waals surface area (Å²) in [6.45, 7) is 2.66. The number of guanidine groups is 1. The van der Waals surface area contributed by atoms with Gasteiger partial charge in [-0.25, -0.2) is 4.90 Å². The zero-order valence-electron chi connectivity index (χ0n) is 6.80. The first-order valence-corrected chi connectivity index (χ1v) is 3.73. The Labute approximate surface area is 116 Å². The molecule has 0 aromatic rings. The molecule has 0 aliphatic rings. The van der Waals surface area contributed by atoms with E-state index in [1.807, 2.05) is 6.19 Å². The Bertz CT molecular complexity index is 163. The third-order valence-corrected chi connectivity index (χ3v) is 1.40. The van der Waals surface area contributed by atoms with Crippen molar-refractivity contribution in [3.05, 3.63) is 0 Å². The van der Waals surface area contributed by atoms with E-state index >= 15 is 0 Å². The van der Waals surface area contributed by atoms with E-state index in [-0.39, 0.29) is 57.3 Å². The minimum absolute atomic E-state index is 0. The monoisotopic (exact) mass is 194 g/mol. The van der Waals surface area contributed by atoms with Crippen LogP contribution >= 0.6 is 0 Å². The SMILES string of the molecule is CCCCCN(C#N)C(=N)N.[KH]. The van der Waals surface area contributed by atoms with E-state index in [0.717, 1.165) is 19.3 Å². The van der Waals surface area contributed by atoms with Crippen LogP contribution in [-0.4, -0.2) is 68.8 Å². The molecule has 3 N–H and O–H groups in total. The van der Waals surface area contributed by atoms with Crippen molar-refractivity contribution in [2.75, 3.05) is 6.54 Å². The first-order chi connectivity index (χ1) is 5.22. The van der Waals surface area contributed by atoms with Crippen LogP contribution in [0, 0.1) is 16.9 Å². The third kappa shape index (κ3) is 7.07. The van der Waals surface area contributed by atoms with Crippen molar-refractivity contribution in [3.8, 4) is 6.19 Å². The van der Waals surface area contributed by atoms with Gasteiger partial charge in [0.05, 0.1) is 0 Å². The summed E-state index contributed by atoms with van der Waals surface area (Å²) >= 11 is 0. The standard InChI is InChI=1S/C7H14N4.K.H/c1-2-3-4-5-11(6-8)7(9)10;;/h2-5H2,1H3,(H3,9,10);;. The Morgan fingerprint density at radius 1 is 1.58 bits per heavy atom. The van der Waals surface area contributed by atoms with Crippen LogP contribution in [0.4, 0.5) is 0 Å². The van der Waals surface area contributed by atoms with Crippen LogP contribution in [0.15, 0.2) is 0 Å². The third-order valence-electron chi connectivity index (χ3n) is 1.40. The molecule has 4 nitrogen and oxygen atoms in total. The van der Waals surface area contributed by atoms with Gasteiger partial charge in [-0.05, 0) is 6.42 Å². The minimum atomic E-state index is -0.163. The molecule has 0 atom stereocenters. The first-order valence-electron chi connectivity index (χ1n) is 3.73. The zero-order valence-corrected chi connectivity index (χ0v) is 6.80. The molecule has 0 aliphatic carbocycles. The Kier molecular flexibility index (Phi) is 11.8. The second kappa shape index (κ2) is 9.48. The molecular formula is C7H15KN4. The number of hydrogen-bond donors (Lipinski definition) is 2. The summed E-state index contributed by atoms with van der Waals surface area (Å²) in [5.74, 6) is -0.163. The number of nitriles is 1. The molecule has 0 aliphatic heterocycles. The van der Waals surface area contributed by atoms with E-state index in [4.69, 9.17) is 16.4 Å². The summed E-state index contributed by atoms with van der Waals surface area (Å²) in [4.78, 5) is 1.19. The number of nitrogens with two attached hydrogens (primary N) is 1. The van der Waals surface area contributed by atoms with Crippen LogP contribution in [0.2, 0.25) is 0 Å². The molecule has 0 saturated heterocycles. The van der Waals surface area contributed by atoms with Crippen LogP contribution in [0.1, 0.15) is 26.2 Å². The molecule has 0 rings (SSSR count). The van der Waals surface area contributed by atoms with Crippen molar-refractivity contribution in [1.29, 1.82) is 10.7 Å². The molecule has 0 bridgehead atoms. The molecule has 0 fully saturated rings. The fraction of sp³-hybridized carbons (Fsp3) is 0.714. The second-order valence-corrected chi connectivity index (χ2v) is 2.34. The molecule has 12 heavy (non-hydrogen) atoms. The van der Waals surface area contributed by atoms with Crippen molar-refractivity contribution >= 4 is 57.3 Å². The van der Waals surface area contributed by atoms with Gasteiger partial charge >= 0.3 is 51.4 Å². The van der Waals surface area contributed by atoms with E-state index in [0.29, 0.717) is 6.54 Å². The van der Waals surface area contributed by atoms with Gasteiger partial charge < -0.3 is 5.73 Å². The quantitative estimate of drug-likeness (QED) is 0.168. The number of rotatable bonds is 4. The van der Waals surface area contributed by atoms with E-state index in [2.05, 4.69) is 6.92 Å². The van der Waals surface area contributed by atoms with E-state index < -0.39 is 0 Å². The summed E-state index contributed by atoms with van der Waals surface area (Å²) in [6, 6.07) is 0. The van der Waals surface area contributed by atoms with Gasteiger partial charge in [-0.15, -0.1) is 0 Å². The van der Waals surface area contributed by atoms with Gasteiger partial charge in [0, 0.05) is 6.54 Å². The van der Waals surface area contributed by atoms with Crippen molar-refractivity contribution in [1.82, 2.24) is 4.90 Å². The zero-order chi connectivity index (χ0) is 8.69. The molecule has 0 aromatic heterocycles. The van der Waals surface area contributed by atoms with Crippen LogP contribution < -0.4 is 5.73 Å². The van der Waals surface area contributed by atoms with Gasteiger partial charge in [-0.3, -0.25) is 5.41 Å². The molecule has 5 heteroatoms. The fourth-order valence-electron chi connectivity index (χ4n) is 0.744. The van der Waals surface area contributed by atoms with Gasteiger partial charge in [0.2, 0.25) is 5.96 Å². The molecule has 0 saturated carbocycles. The van der Waals surface area contributed by atoms with Crippen molar-refractivity contribution in [3.63, 3.8) is 0 Å². The maximum atomic E-state index is 8.45. The Hall–Kier alpha value is 0.396. The van der Waals surface area contributed by atoms with Crippen molar-refractivity contribution in [2.24, 2.45) is 5.73 Å². The van der Waals surface area contributed by atoms with Gasteiger partial charge in [0.15, 0.2) is 6.19 Å². The molecule has 0 aromatic carbocycles. The van der Waals surface area contributed by atoms with Crippen molar-refractivity contribution in [2.45, 2.75) is 26.2 Å². The number of unbranched alkanes of at least 4 members (excludes halogenated alkanes) is 2. The number of nitrogens with zero attached hydrogens (tertiary/aromatic N) is 2. The van der Waals surface area contributed by atoms with E-state index in [1.54, 1.807) is 0 Å². The predicted molar refractivity (Wildman–Crippen MR) is 50.9 cm³/mol. The summed E-state index contributed by atoms with van der Waals surface area (Å²) in [7, 11) is 0. The first kappa shape index (κ1) is 14.9. The maximum absolute atomic E-state index is 8.45. The summed E-state index contributed by atoms with van der Waals surface area (Å²) in [6.07, 6.45) is 4.95. The summed E-state index contributed by atoms with van der Waals surface area (Å²) in [5, 5.41) is 15.4. The fourth-order valence-corrected chi connectivity index (χ4v) is 0.744. The molecule has 0 unspecified atom stereocenters. The van der Waals surface area contributed by atoms with Crippen LogP contribution in [0.25, 0.3) is 0 Å².